The summed E-state index contributed by atoms with van der Waals surface area (Å²) in [5.74, 6) is -2.45. The number of amides is 2. The van der Waals surface area contributed by atoms with Crippen LogP contribution in [0.4, 0.5) is 0 Å². The fourth-order valence-corrected chi connectivity index (χ4v) is 1.15. The predicted molar refractivity (Wildman–Crippen MR) is 57.8 cm³/mol. The van der Waals surface area contributed by atoms with Gasteiger partial charge in [0.15, 0.2) is 0 Å². The van der Waals surface area contributed by atoms with Gasteiger partial charge < -0.3 is 15.7 Å². The van der Waals surface area contributed by atoms with Crippen molar-refractivity contribution in [1.29, 1.82) is 0 Å². The number of carbonyl (C=O) groups excluding carboxylic acids is 2. The smallest absolute Gasteiger partial charge is 0.394 e. The average molecular weight is 230 g/mol. The van der Waals surface area contributed by atoms with Crippen LogP contribution in [0.15, 0.2) is 0 Å². The van der Waals surface area contributed by atoms with Crippen LogP contribution in [-0.2, 0) is 14.4 Å². The summed E-state index contributed by atoms with van der Waals surface area (Å²) < 4.78 is 0. The van der Waals surface area contributed by atoms with E-state index < -0.39 is 11.9 Å². The fourth-order valence-electron chi connectivity index (χ4n) is 1.15. The molecule has 0 radical (unpaired) electrons. The van der Waals surface area contributed by atoms with Gasteiger partial charge in [0, 0.05) is 20.0 Å². The van der Waals surface area contributed by atoms with Crippen LogP contribution in [0.3, 0.4) is 0 Å². The minimum atomic E-state index is -1.45. The molecule has 0 fully saturated rings. The van der Waals surface area contributed by atoms with Crippen LogP contribution in [0, 0.1) is 0 Å². The van der Waals surface area contributed by atoms with E-state index in [1.807, 2.05) is 0 Å². The van der Waals surface area contributed by atoms with Crippen molar-refractivity contribution in [3.63, 3.8) is 0 Å². The first-order chi connectivity index (χ1) is 7.54. The molecule has 16 heavy (non-hydrogen) atoms. The Morgan fingerprint density at radius 3 is 1.88 bits per heavy atom. The second kappa shape index (κ2) is 8.70. The molecule has 3 N–H and O–H groups in total. The highest BCUT2D eigenvalue weighted by atomic mass is 16.4. The average Bonchev–Trinajstić information content (AvgIpc) is 2.21. The third-order valence-electron chi connectivity index (χ3n) is 1.96. The molecule has 0 unspecified atom stereocenters. The van der Waals surface area contributed by atoms with E-state index in [9.17, 15) is 14.4 Å². The number of carboxylic acids is 1. The Kier molecular flexibility index (Phi) is 7.83. The zero-order valence-electron chi connectivity index (χ0n) is 9.41. The number of rotatable bonds is 7. The van der Waals surface area contributed by atoms with E-state index in [4.69, 9.17) is 5.11 Å². The Balaban J connectivity index is 3.19. The van der Waals surface area contributed by atoms with Crippen molar-refractivity contribution in [1.82, 2.24) is 10.6 Å². The van der Waals surface area contributed by atoms with Gasteiger partial charge >= 0.3 is 11.9 Å². The number of unbranched alkanes of at least 4 members (excludes halogenated alkanes) is 3. The third-order valence-corrected chi connectivity index (χ3v) is 1.96. The molecule has 0 aromatic rings. The number of nitrogens with one attached hydrogen (secondary N) is 2. The Morgan fingerprint density at radius 2 is 1.44 bits per heavy atom. The van der Waals surface area contributed by atoms with Crippen LogP contribution in [0.2, 0.25) is 0 Å². The molecule has 0 aliphatic rings. The van der Waals surface area contributed by atoms with Gasteiger partial charge in [0.25, 0.3) is 0 Å². The Hall–Kier alpha value is -1.59. The van der Waals surface area contributed by atoms with E-state index in [-0.39, 0.29) is 5.91 Å². The number of carbonyl (C=O) groups is 3. The van der Waals surface area contributed by atoms with E-state index in [1.54, 1.807) is 0 Å². The summed E-state index contributed by atoms with van der Waals surface area (Å²) in [6.45, 7) is 2.52. The highest BCUT2D eigenvalue weighted by Gasteiger charge is 2.08. The Labute approximate surface area is 94.4 Å². The van der Waals surface area contributed by atoms with Crippen molar-refractivity contribution in [2.45, 2.75) is 32.6 Å². The molecule has 0 spiro atoms. The fraction of sp³-hybridized carbons (Fsp3) is 0.700. The van der Waals surface area contributed by atoms with Crippen molar-refractivity contribution in [2.75, 3.05) is 13.1 Å². The molecule has 0 aliphatic heterocycles. The first-order valence-electron chi connectivity index (χ1n) is 5.29. The van der Waals surface area contributed by atoms with Gasteiger partial charge in [-0.05, 0) is 12.8 Å². The molecule has 0 aliphatic carbocycles. The van der Waals surface area contributed by atoms with Gasteiger partial charge in [-0.25, -0.2) is 4.79 Å². The largest absolute Gasteiger partial charge is 0.474 e. The second-order valence-electron chi connectivity index (χ2n) is 3.46. The molecule has 0 aromatic heterocycles. The van der Waals surface area contributed by atoms with E-state index in [2.05, 4.69) is 10.6 Å². The maximum Gasteiger partial charge on any atom is 0.394 e. The van der Waals surface area contributed by atoms with Crippen molar-refractivity contribution in [3.8, 4) is 0 Å². The summed E-state index contributed by atoms with van der Waals surface area (Å²) in [7, 11) is 0. The summed E-state index contributed by atoms with van der Waals surface area (Å²) in [4.78, 5) is 31.2. The van der Waals surface area contributed by atoms with E-state index >= 15 is 0 Å². The van der Waals surface area contributed by atoms with Crippen molar-refractivity contribution < 1.29 is 19.5 Å². The first kappa shape index (κ1) is 14.4. The van der Waals surface area contributed by atoms with Crippen molar-refractivity contribution in [3.05, 3.63) is 0 Å². The van der Waals surface area contributed by atoms with Gasteiger partial charge in [0.05, 0.1) is 0 Å². The number of hydrogen-bond acceptors (Lipinski definition) is 3. The standard InChI is InChI=1S/C10H18N2O4/c1-8(13)11-6-4-2-3-5-7-12-9(14)10(15)16/h2-7H2,1H3,(H,11,13)(H,12,14)(H,15,16). The SMILES string of the molecule is CC(=O)NCCCCCCNC(=O)C(=O)O. The van der Waals surface area contributed by atoms with Gasteiger partial charge in [-0.15, -0.1) is 0 Å². The van der Waals surface area contributed by atoms with Crippen molar-refractivity contribution in [2.24, 2.45) is 0 Å². The quantitative estimate of drug-likeness (QED) is 0.420. The molecule has 0 bridgehead atoms. The normalized spacial score (nSPS) is 9.56. The Bertz CT molecular complexity index is 253. The number of aliphatic carboxylic acids is 1. The summed E-state index contributed by atoms with van der Waals surface area (Å²) in [6.07, 6.45) is 3.49. The maximum atomic E-state index is 10.6. The lowest BCUT2D eigenvalue weighted by Gasteiger charge is -2.03. The third kappa shape index (κ3) is 8.98. The topological polar surface area (TPSA) is 95.5 Å². The van der Waals surface area contributed by atoms with Gasteiger partial charge in [0.2, 0.25) is 5.91 Å². The summed E-state index contributed by atoms with van der Waals surface area (Å²) in [6, 6.07) is 0. The van der Waals surface area contributed by atoms with Gasteiger partial charge in [0.1, 0.15) is 0 Å². The molecule has 0 heterocycles. The molecule has 6 nitrogen and oxygen atoms in total. The molecule has 0 rings (SSSR count). The van der Waals surface area contributed by atoms with Crippen LogP contribution in [0.5, 0.6) is 0 Å². The second-order valence-corrected chi connectivity index (χ2v) is 3.46. The molecule has 0 saturated heterocycles. The minimum Gasteiger partial charge on any atom is -0.474 e. The number of hydrogen-bond donors (Lipinski definition) is 3. The highest BCUT2D eigenvalue weighted by Crippen LogP contribution is 1.97. The first-order valence-corrected chi connectivity index (χ1v) is 5.29. The minimum absolute atomic E-state index is 0.0336. The van der Waals surface area contributed by atoms with E-state index in [0.717, 1.165) is 25.7 Å². The molecular formula is C10H18N2O4. The van der Waals surface area contributed by atoms with E-state index in [0.29, 0.717) is 13.1 Å². The van der Waals surface area contributed by atoms with Crippen LogP contribution in [-0.4, -0.2) is 36.0 Å². The van der Waals surface area contributed by atoms with Crippen LogP contribution in [0.25, 0.3) is 0 Å². The Morgan fingerprint density at radius 1 is 0.938 bits per heavy atom. The lowest BCUT2D eigenvalue weighted by atomic mass is 10.2. The van der Waals surface area contributed by atoms with Crippen LogP contribution in [0.1, 0.15) is 32.6 Å². The zero-order chi connectivity index (χ0) is 12.4. The van der Waals surface area contributed by atoms with Crippen molar-refractivity contribution >= 4 is 17.8 Å². The van der Waals surface area contributed by atoms with Crippen LogP contribution < -0.4 is 10.6 Å². The summed E-state index contributed by atoms with van der Waals surface area (Å²) in [5, 5.41) is 13.2. The molecule has 0 atom stereocenters. The molecule has 2 amide bonds. The highest BCUT2D eigenvalue weighted by molar-refractivity contribution is 6.31. The predicted octanol–water partition coefficient (Wildman–Crippen LogP) is -0.116. The zero-order valence-corrected chi connectivity index (χ0v) is 9.41. The molecule has 6 heteroatoms. The summed E-state index contributed by atoms with van der Waals surface area (Å²) in [5.41, 5.74) is 0. The lowest BCUT2D eigenvalue weighted by molar-refractivity contribution is -0.150. The lowest BCUT2D eigenvalue weighted by Crippen LogP contribution is -2.31. The molecule has 92 valence electrons. The number of carboxylic acid groups (broad SMARTS) is 1. The monoisotopic (exact) mass is 230 g/mol. The van der Waals surface area contributed by atoms with Gasteiger partial charge in [-0.2, -0.15) is 0 Å². The maximum absolute atomic E-state index is 10.6. The molecule has 0 saturated carbocycles. The van der Waals surface area contributed by atoms with Gasteiger partial charge in [-0.1, -0.05) is 12.8 Å². The molecule has 0 aromatic carbocycles. The summed E-state index contributed by atoms with van der Waals surface area (Å²) >= 11 is 0. The molecular weight excluding hydrogens is 212 g/mol. The van der Waals surface area contributed by atoms with Gasteiger partial charge in [-0.3, -0.25) is 9.59 Å². The van der Waals surface area contributed by atoms with E-state index in [1.165, 1.54) is 6.92 Å². The van der Waals surface area contributed by atoms with Crippen LogP contribution >= 0.6 is 0 Å².